The molecule has 0 radical (unpaired) electrons. The lowest BCUT2D eigenvalue weighted by atomic mass is 9.95. The molecule has 102 valence electrons. The third kappa shape index (κ3) is 1.76. The molecule has 2 aliphatic heterocycles. The maximum absolute atomic E-state index is 13.2. The molecule has 0 bridgehead atoms. The number of hydrogen-bond acceptors (Lipinski definition) is 2. The molecule has 3 aliphatic rings. The van der Waals surface area contributed by atoms with Crippen molar-refractivity contribution in [1.29, 1.82) is 0 Å². The molecule has 0 aromatic heterocycles. The molecule has 1 N–H and O–H groups in total. The lowest BCUT2D eigenvalue weighted by Gasteiger charge is -2.20. The summed E-state index contributed by atoms with van der Waals surface area (Å²) in [7, 11) is 0. The van der Waals surface area contributed by atoms with Crippen molar-refractivity contribution in [2.24, 2.45) is 5.92 Å². The van der Waals surface area contributed by atoms with E-state index in [2.05, 4.69) is 17.4 Å². The van der Waals surface area contributed by atoms with Crippen LogP contribution in [-0.4, -0.2) is 32.1 Å². The monoisotopic (exact) mass is 264 g/mol. The van der Waals surface area contributed by atoms with Crippen molar-refractivity contribution in [2.75, 3.05) is 31.1 Å². The molecule has 2 saturated heterocycles. The van der Waals surface area contributed by atoms with Gasteiger partial charge in [0.2, 0.25) is 0 Å². The SMILES string of the molecule is FC1(F)CCN(c2ccc(C34CNC[C@@H]3C4)cc2)C1. The number of piperidine rings is 1. The summed E-state index contributed by atoms with van der Waals surface area (Å²) in [6.45, 7) is 2.52. The van der Waals surface area contributed by atoms with Crippen LogP contribution in [0.1, 0.15) is 18.4 Å². The van der Waals surface area contributed by atoms with E-state index in [1.807, 2.05) is 12.1 Å². The molecule has 1 aromatic rings. The molecule has 1 unspecified atom stereocenters. The van der Waals surface area contributed by atoms with Crippen LogP contribution < -0.4 is 10.2 Å². The highest BCUT2D eigenvalue weighted by Gasteiger charge is 2.57. The second-order valence-corrected chi connectivity index (χ2v) is 6.26. The number of benzene rings is 1. The van der Waals surface area contributed by atoms with Crippen molar-refractivity contribution in [3.05, 3.63) is 29.8 Å². The molecule has 19 heavy (non-hydrogen) atoms. The Balaban J connectivity index is 1.54. The maximum atomic E-state index is 13.2. The highest BCUT2D eigenvalue weighted by Crippen LogP contribution is 2.56. The van der Waals surface area contributed by atoms with Crippen molar-refractivity contribution in [3.8, 4) is 0 Å². The summed E-state index contributed by atoms with van der Waals surface area (Å²) in [4.78, 5) is 1.79. The molecule has 1 saturated carbocycles. The van der Waals surface area contributed by atoms with Gasteiger partial charge in [-0.15, -0.1) is 0 Å². The average Bonchev–Trinajstić information content (AvgIpc) is 2.77. The highest BCUT2D eigenvalue weighted by atomic mass is 19.3. The summed E-state index contributed by atoms with van der Waals surface area (Å²) in [6.07, 6.45) is 1.26. The molecule has 3 fully saturated rings. The van der Waals surface area contributed by atoms with E-state index in [1.54, 1.807) is 4.90 Å². The first-order chi connectivity index (χ1) is 9.09. The Kier molecular flexibility index (Phi) is 2.26. The van der Waals surface area contributed by atoms with Gasteiger partial charge in [-0.1, -0.05) is 12.1 Å². The first-order valence-electron chi connectivity index (χ1n) is 7.03. The molecule has 4 rings (SSSR count). The maximum Gasteiger partial charge on any atom is 0.266 e. The van der Waals surface area contributed by atoms with Crippen molar-refractivity contribution >= 4 is 5.69 Å². The van der Waals surface area contributed by atoms with Crippen LogP contribution in [0.5, 0.6) is 0 Å². The Morgan fingerprint density at radius 2 is 2.00 bits per heavy atom. The van der Waals surface area contributed by atoms with E-state index in [0.717, 1.165) is 24.7 Å². The minimum Gasteiger partial charge on any atom is -0.365 e. The minimum absolute atomic E-state index is 0.0231. The third-order valence-corrected chi connectivity index (χ3v) is 5.04. The summed E-state index contributed by atoms with van der Waals surface area (Å²) in [5.74, 6) is -1.73. The summed E-state index contributed by atoms with van der Waals surface area (Å²) in [5.41, 5.74) is 2.66. The van der Waals surface area contributed by atoms with E-state index >= 15 is 0 Å². The van der Waals surface area contributed by atoms with Crippen molar-refractivity contribution in [2.45, 2.75) is 24.2 Å². The second kappa shape index (κ2) is 3.69. The summed E-state index contributed by atoms with van der Waals surface area (Å²) in [5, 5.41) is 3.43. The quantitative estimate of drug-likeness (QED) is 0.882. The van der Waals surface area contributed by atoms with Gasteiger partial charge in [0, 0.05) is 30.6 Å². The van der Waals surface area contributed by atoms with Gasteiger partial charge in [-0.25, -0.2) is 8.78 Å². The van der Waals surface area contributed by atoms with E-state index in [0.29, 0.717) is 12.0 Å². The zero-order chi connectivity index (χ0) is 13.1. The number of nitrogens with one attached hydrogen (secondary N) is 1. The molecule has 2 nitrogen and oxygen atoms in total. The number of halogens is 2. The number of anilines is 1. The van der Waals surface area contributed by atoms with Gasteiger partial charge in [0.25, 0.3) is 5.92 Å². The molecule has 0 spiro atoms. The fourth-order valence-electron chi connectivity index (χ4n) is 3.75. The zero-order valence-corrected chi connectivity index (χ0v) is 10.8. The van der Waals surface area contributed by atoms with Crippen molar-refractivity contribution in [3.63, 3.8) is 0 Å². The number of rotatable bonds is 2. The Bertz CT molecular complexity index is 499. The van der Waals surface area contributed by atoms with Crippen LogP contribution in [0.3, 0.4) is 0 Å². The Hall–Kier alpha value is -1.16. The molecular formula is C15H18F2N2. The Labute approximate surface area is 111 Å². The van der Waals surface area contributed by atoms with Gasteiger partial charge in [0.05, 0.1) is 6.54 Å². The topological polar surface area (TPSA) is 15.3 Å². The Morgan fingerprint density at radius 1 is 1.21 bits per heavy atom. The molecule has 2 heterocycles. The fourth-order valence-corrected chi connectivity index (χ4v) is 3.75. The molecule has 4 heteroatoms. The first kappa shape index (κ1) is 11.6. The van der Waals surface area contributed by atoms with Gasteiger partial charge in [0.15, 0.2) is 0 Å². The first-order valence-corrected chi connectivity index (χ1v) is 7.03. The van der Waals surface area contributed by atoms with Crippen LogP contribution in [0.25, 0.3) is 0 Å². The second-order valence-electron chi connectivity index (χ2n) is 6.26. The molecule has 2 atom stereocenters. The van der Waals surface area contributed by atoms with Crippen molar-refractivity contribution in [1.82, 2.24) is 5.32 Å². The van der Waals surface area contributed by atoms with E-state index in [9.17, 15) is 8.78 Å². The lowest BCUT2D eigenvalue weighted by Crippen LogP contribution is -2.25. The highest BCUT2D eigenvalue weighted by molar-refractivity contribution is 5.51. The summed E-state index contributed by atoms with van der Waals surface area (Å²) < 4.78 is 26.4. The zero-order valence-electron chi connectivity index (χ0n) is 10.8. The van der Waals surface area contributed by atoms with Gasteiger partial charge in [-0.05, 0) is 36.6 Å². The molecular weight excluding hydrogens is 246 g/mol. The van der Waals surface area contributed by atoms with E-state index in [-0.39, 0.29) is 13.0 Å². The van der Waals surface area contributed by atoms with Crippen LogP contribution in [-0.2, 0) is 5.41 Å². The molecule has 0 amide bonds. The van der Waals surface area contributed by atoms with Crippen LogP contribution in [0.2, 0.25) is 0 Å². The lowest BCUT2D eigenvalue weighted by molar-refractivity contribution is 0.0257. The van der Waals surface area contributed by atoms with E-state index in [4.69, 9.17) is 0 Å². The summed E-state index contributed by atoms with van der Waals surface area (Å²) >= 11 is 0. The number of nitrogens with zero attached hydrogens (tertiary/aromatic N) is 1. The van der Waals surface area contributed by atoms with Gasteiger partial charge >= 0.3 is 0 Å². The van der Waals surface area contributed by atoms with Crippen LogP contribution in [0.4, 0.5) is 14.5 Å². The van der Waals surface area contributed by atoms with Crippen LogP contribution in [0.15, 0.2) is 24.3 Å². The van der Waals surface area contributed by atoms with Gasteiger partial charge in [-0.2, -0.15) is 0 Å². The number of hydrogen-bond donors (Lipinski definition) is 1. The van der Waals surface area contributed by atoms with Gasteiger partial charge in [0.1, 0.15) is 0 Å². The predicted octanol–water partition coefficient (Wildman–Crippen LogP) is 2.39. The van der Waals surface area contributed by atoms with Crippen LogP contribution >= 0.6 is 0 Å². The molecule has 1 aliphatic carbocycles. The van der Waals surface area contributed by atoms with E-state index < -0.39 is 5.92 Å². The standard InChI is InChI=1S/C15H18F2N2/c16-15(17)5-6-19(10-15)13-3-1-11(2-4-13)14-7-12(14)8-18-9-14/h1-4,12,18H,5-10H2/t12-,14?/m0/s1. The van der Waals surface area contributed by atoms with E-state index in [1.165, 1.54) is 12.0 Å². The van der Waals surface area contributed by atoms with Crippen molar-refractivity contribution < 1.29 is 8.78 Å². The smallest absolute Gasteiger partial charge is 0.266 e. The van der Waals surface area contributed by atoms with Gasteiger partial charge in [-0.3, -0.25) is 0 Å². The van der Waals surface area contributed by atoms with Crippen LogP contribution in [0, 0.1) is 5.92 Å². The number of alkyl halides is 2. The normalized spacial score (nSPS) is 35.5. The Morgan fingerprint density at radius 3 is 2.53 bits per heavy atom. The average molecular weight is 264 g/mol. The minimum atomic E-state index is -2.52. The largest absolute Gasteiger partial charge is 0.365 e. The third-order valence-electron chi connectivity index (χ3n) is 5.04. The predicted molar refractivity (Wildman–Crippen MR) is 70.9 cm³/mol. The number of fused-ring (bicyclic) bond motifs is 1. The molecule has 1 aromatic carbocycles. The summed E-state index contributed by atoms with van der Waals surface area (Å²) in [6, 6.07) is 8.30. The fraction of sp³-hybridized carbons (Fsp3) is 0.600. The van der Waals surface area contributed by atoms with Gasteiger partial charge < -0.3 is 10.2 Å².